The van der Waals surface area contributed by atoms with Gasteiger partial charge in [-0.2, -0.15) is 0 Å². The molecule has 0 aromatic heterocycles. The average Bonchev–Trinajstić information content (AvgIpc) is 2.01. The lowest BCUT2D eigenvalue weighted by Crippen LogP contribution is -2.26. The summed E-state index contributed by atoms with van der Waals surface area (Å²) >= 11 is 0. The van der Waals surface area contributed by atoms with E-state index in [-0.39, 0.29) is 12.4 Å². The number of carbonyl (C=O) groups excluding carboxylic acids is 2. The fourth-order valence-corrected chi connectivity index (χ4v) is 1.13. The highest BCUT2D eigenvalue weighted by molar-refractivity contribution is 5.81. The van der Waals surface area contributed by atoms with Gasteiger partial charge in [0.15, 0.2) is 0 Å². The minimum absolute atomic E-state index is 0.0890. The third-order valence-corrected chi connectivity index (χ3v) is 1.68. The predicted octanol–water partition coefficient (Wildman–Crippen LogP) is 0.626. The van der Waals surface area contributed by atoms with Gasteiger partial charge in [-0.25, -0.2) is 0 Å². The molecule has 4 heteroatoms. The average molecular weight is 170 g/mol. The first-order chi connectivity index (χ1) is 5.63. The SMILES string of the molecule is C=C1CC(C(=O)OC)CC(=O)O1. The lowest BCUT2D eigenvalue weighted by atomic mass is 9.99. The molecule has 1 saturated heterocycles. The molecule has 1 heterocycles. The number of methoxy groups -OCH3 is 1. The van der Waals surface area contributed by atoms with E-state index in [2.05, 4.69) is 16.1 Å². The first-order valence-electron chi connectivity index (χ1n) is 3.59. The lowest BCUT2D eigenvalue weighted by molar-refractivity contribution is -0.155. The van der Waals surface area contributed by atoms with Gasteiger partial charge in [-0.05, 0) is 0 Å². The summed E-state index contributed by atoms with van der Waals surface area (Å²) in [6.07, 6.45) is 0.462. The maximum atomic E-state index is 11.0. The highest BCUT2D eigenvalue weighted by atomic mass is 16.5. The van der Waals surface area contributed by atoms with Gasteiger partial charge in [-0.15, -0.1) is 0 Å². The Balaban J connectivity index is 2.61. The predicted molar refractivity (Wildman–Crippen MR) is 40.0 cm³/mol. The van der Waals surface area contributed by atoms with Crippen molar-refractivity contribution < 1.29 is 19.1 Å². The van der Waals surface area contributed by atoms with Crippen LogP contribution >= 0.6 is 0 Å². The largest absolute Gasteiger partial charge is 0.469 e. The van der Waals surface area contributed by atoms with Crippen LogP contribution in [0.4, 0.5) is 0 Å². The van der Waals surface area contributed by atoms with Gasteiger partial charge in [0.2, 0.25) is 0 Å². The van der Waals surface area contributed by atoms with Crippen LogP contribution in [0, 0.1) is 5.92 Å². The second kappa shape index (κ2) is 3.38. The zero-order chi connectivity index (χ0) is 9.14. The number of ether oxygens (including phenoxy) is 2. The van der Waals surface area contributed by atoms with Crippen LogP contribution < -0.4 is 0 Å². The molecule has 1 atom stereocenters. The van der Waals surface area contributed by atoms with Gasteiger partial charge < -0.3 is 9.47 Å². The number of hydrogen-bond donors (Lipinski definition) is 0. The lowest BCUT2D eigenvalue weighted by Gasteiger charge is -2.20. The van der Waals surface area contributed by atoms with Crippen LogP contribution in [0.2, 0.25) is 0 Å². The van der Waals surface area contributed by atoms with E-state index < -0.39 is 11.9 Å². The molecule has 1 aliphatic rings. The number of rotatable bonds is 1. The molecule has 66 valence electrons. The van der Waals surface area contributed by atoms with Crippen molar-refractivity contribution in [3.05, 3.63) is 12.3 Å². The third kappa shape index (κ3) is 1.84. The van der Waals surface area contributed by atoms with E-state index in [9.17, 15) is 9.59 Å². The van der Waals surface area contributed by atoms with Crippen molar-refractivity contribution in [3.8, 4) is 0 Å². The van der Waals surface area contributed by atoms with E-state index in [1.165, 1.54) is 7.11 Å². The van der Waals surface area contributed by atoms with Gasteiger partial charge in [0.1, 0.15) is 5.76 Å². The second-order valence-corrected chi connectivity index (χ2v) is 2.64. The van der Waals surface area contributed by atoms with Crippen molar-refractivity contribution in [3.63, 3.8) is 0 Å². The number of hydrogen-bond acceptors (Lipinski definition) is 4. The molecule has 0 saturated carbocycles. The van der Waals surface area contributed by atoms with Crippen LogP contribution in [-0.4, -0.2) is 19.0 Å². The molecule has 1 aliphatic heterocycles. The molecule has 1 unspecified atom stereocenters. The Morgan fingerprint density at radius 1 is 1.67 bits per heavy atom. The Labute approximate surface area is 70.1 Å². The van der Waals surface area contributed by atoms with E-state index in [0.29, 0.717) is 12.2 Å². The molecular weight excluding hydrogens is 160 g/mol. The number of cyclic esters (lactones) is 1. The summed E-state index contributed by atoms with van der Waals surface area (Å²) in [6.45, 7) is 3.48. The van der Waals surface area contributed by atoms with E-state index in [4.69, 9.17) is 0 Å². The summed E-state index contributed by atoms with van der Waals surface area (Å²) < 4.78 is 9.17. The van der Waals surface area contributed by atoms with Crippen LogP contribution in [-0.2, 0) is 19.1 Å². The molecule has 0 aromatic rings. The van der Waals surface area contributed by atoms with Crippen molar-refractivity contribution in [2.75, 3.05) is 7.11 Å². The summed E-state index contributed by atoms with van der Waals surface area (Å²) in [5.74, 6) is -0.875. The van der Waals surface area contributed by atoms with Gasteiger partial charge in [0, 0.05) is 6.42 Å². The first-order valence-corrected chi connectivity index (χ1v) is 3.59. The monoisotopic (exact) mass is 170 g/mol. The summed E-state index contributed by atoms with van der Waals surface area (Å²) in [5, 5.41) is 0. The Kier molecular flexibility index (Phi) is 2.47. The van der Waals surface area contributed by atoms with Gasteiger partial charge >= 0.3 is 11.9 Å². The summed E-state index contributed by atoms with van der Waals surface area (Å²) in [5.41, 5.74) is 0. The molecule has 0 aromatic carbocycles. The number of carbonyl (C=O) groups is 2. The molecule has 4 nitrogen and oxygen atoms in total. The molecule has 0 radical (unpaired) electrons. The molecule has 1 fully saturated rings. The standard InChI is InChI=1S/C8H10O4/c1-5-3-6(8(10)11-2)4-7(9)12-5/h6H,1,3-4H2,2H3. The zero-order valence-electron chi connectivity index (χ0n) is 6.83. The van der Waals surface area contributed by atoms with E-state index in [1.807, 2.05) is 0 Å². The van der Waals surface area contributed by atoms with Crippen LogP contribution in [0.25, 0.3) is 0 Å². The molecule has 0 aliphatic carbocycles. The maximum absolute atomic E-state index is 11.0. The van der Waals surface area contributed by atoms with E-state index in [1.54, 1.807) is 0 Å². The van der Waals surface area contributed by atoms with Crippen LogP contribution in [0.15, 0.2) is 12.3 Å². The zero-order valence-corrected chi connectivity index (χ0v) is 6.83. The van der Waals surface area contributed by atoms with Crippen LogP contribution in [0.1, 0.15) is 12.8 Å². The first kappa shape index (κ1) is 8.77. The highest BCUT2D eigenvalue weighted by Crippen LogP contribution is 2.23. The molecule has 12 heavy (non-hydrogen) atoms. The van der Waals surface area contributed by atoms with Crippen molar-refractivity contribution >= 4 is 11.9 Å². The van der Waals surface area contributed by atoms with E-state index >= 15 is 0 Å². The van der Waals surface area contributed by atoms with Crippen molar-refractivity contribution in [1.29, 1.82) is 0 Å². The Morgan fingerprint density at radius 2 is 2.33 bits per heavy atom. The van der Waals surface area contributed by atoms with Crippen LogP contribution in [0.3, 0.4) is 0 Å². The van der Waals surface area contributed by atoms with E-state index in [0.717, 1.165) is 0 Å². The molecule has 0 N–H and O–H groups in total. The summed E-state index contributed by atoms with van der Waals surface area (Å²) in [6, 6.07) is 0. The Hall–Kier alpha value is -1.32. The molecule has 0 bridgehead atoms. The minimum Gasteiger partial charge on any atom is -0.469 e. The summed E-state index contributed by atoms with van der Waals surface area (Å²) in [7, 11) is 1.30. The Morgan fingerprint density at radius 3 is 2.83 bits per heavy atom. The van der Waals surface area contributed by atoms with Gasteiger partial charge in [0.25, 0.3) is 0 Å². The van der Waals surface area contributed by atoms with Gasteiger partial charge in [-0.3, -0.25) is 9.59 Å². The highest BCUT2D eigenvalue weighted by Gasteiger charge is 2.29. The van der Waals surface area contributed by atoms with Crippen molar-refractivity contribution in [2.24, 2.45) is 5.92 Å². The maximum Gasteiger partial charge on any atom is 0.311 e. The fraction of sp³-hybridized carbons (Fsp3) is 0.500. The number of esters is 2. The molecule has 0 amide bonds. The fourth-order valence-electron chi connectivity index (χ4n) is 1.13. The molecule has 0 spiro atoms. The normalized spacial score (nSPS) is 23.2. The van der Waals surface area contributed by atoms with Crippen molar-refractivity contribution in [2.45, 2.75) is 12.8 Å². The van der Waals surface area contributed by atoms with Gasteiger partial charge in [0.05, 0.1) is 19.4 Å². The third-order valence-electron chi connectivity index (χ3n) is 1.68. The minimum atomic E-state index is -0.415. The molecular formula is C8H10O4. The molecule has 1 rings (SSSR count). The second-order valence-electron chi connectivity index (χ2n) is 2.64. The summed E-state index contributed by atoms with van der Waals surface area (Å²) in [4.78, 5) is 21.8. The van der Waals surface area contributed by atoms with Gasteiger partial charge in [-0.1, -0.05) is 6.58 Å². The Bertz CT molecular complexity index is 215. The topological polar surface area (TPSA) is 52.6 Å². The number of allylic oxidation sites excluding steroid dienone is 1. The smallest absolute Gasteiger partial charge is 0.311 e. The van der Waals surface area contributed by atoms with Crippen LogP contribution in [0.5, 0.6) is 0 Å². The van der Waals surface area contributed by atoms with Crippen molar-refractivity contribution in [1.82, 2.24) is 0 Å². The quantitative estimate of drug-likeness (QED) is 0.541.